The molecule has 364 valence electrons. The number of methoxy groups -OCH3 is 4. The van der Waals surface area contributed by atoms with Gasteiger partial charge in [-0.3, -0.25) is 0 Å². The number of hydrogen-bond donors (Lipinski definition) is 2. The van der Waals surface area contributed by atoms with E-state index < -0.39 is 37.1 Å². The molecular weight excluding hydrogens is 914 g/mol. The Morgan fingerprint density at radius 1 is 0.810 bits per heavy atom. The highest BCUT2D eigenvalue weighted by Crippen LogP contribution is 2.49. The molecule has 1 aliphatic rings. The third-order valence-corrected chi connectivity index (χ3v) is 14.4. The Kier molecular flexibility index (Phi) is 27.5. The molecule has 15 nitrogen and oxygen atoms in total. The molecule has 1 fully saturated rings. The molecule has 6 atom stereocenters. The predicted molar refractivity (Wildman–Crippen MR) is 256 cm³/mol. The molecule has 0 bridgehead atoms. The van der Waals surface area contributed by atoms with E-state index in [9.17, 15) is 0 Å². The van der Waals surface area contributed by atoms with Crippen molar-refractivity contribution in [3.05, 3.63) is 58.6 Å². The van der Waals surface area contributed by atoms with E-state index in [1.807, 2.05) is 91.8 Å². The summed E-state index contributed by atoms with van der Waals surface area (Å²) in [5.41, 5.74) is 0.824. The summed E-state index contributed by atoms with van der Waals surface area (Å²) in [7, 11) is 6.43. The molecular formula is C43H75ClN2O13P2S2. The molecule has 63 heavy (non-hydrogen) atoms. The Morgan fingerprint density at radius 3 is 2.02 bits per heavy atom. The Hall–Kier alpha value is -0.890. The summed E-state index contributed by atoms with van der Waals surface area (Å²) in [5, 5.41) is 7.14. The second-order valence-electron chi connectivity index (χ2n) is 16.6. The zero-order valence-corrected chi connectivity index (χ0v) is 43.8. The summed E-state index contributed by atoms with van der Waals surface area (Å²) in [4.78, 5) is 0. The zero-order chi connectivity index (χ0) is 47.1. The number of halogens is 1. The van der Waals surface area contributed by atoms with E-state index in [1.54, 1.807) is 34.5 Å². The van der Waals surface area contributed by atoms with Crippen LogP contribution < -0.4 is 19.6 Å². The molecule has 0 spiro atoms. The second-order valence-corrected chi connectivity index (χ2v) is 23.4. The van der Waals surface area contributed by atoms with Gasteiger partial charge in [-0.25, -0.2) is 10.2 Å². The minimum atomic E-state index is -2.70. The van der Waals surface area contributed by atoms with Crippen LogP contribution in [0.1, 0.15) is 92.4 Å². The molecule has 2 aromatic rings. The molecule has 6 unspecified atom stereocenters. The third kappa shape index (κ3) is 24.6. The number of nitrogens with one attached hydrogen (secondary N) is 2. The van der Waals surface area contributed by atoms with Crippen molar-refractivity contribution in [2.45, 2.75) is 105 Å². The van der Waals surface area contributed by atoms with Crippen LogP contribution in [0, 0.1) is 5.92 Å². The van der Waals surface area contributed by atoms with Crippen molar-refractivity contribution in [2.75, 3.05) is 94.4 Å². The van der Waals surface area contributed by atoms with Gasteiger partial charge in [0.15, 0.2) is 12.6 Å². The van der Waals surface area contributed by atoms with Crippen molar-refractivity contribution >= 4 is 48.5 Å². The van der Waals surface area contributed by atoms with Crippen LogP contribution in [0.4, 0.5) is 0 Å². The molecule has 1 heterocycles. The molecule has 1 aliphatic heterocycles. The zero-order valence-electron chi connectivity index (χ0n) is 39.6. The van der Waals surface area contributed by atoms with E-state index in [1.165, 1.54) is 0 Å². The average Bonchev–Trinajstić information content (AvgIpc) is 3.69. The fraction of sp³-hybridized carbons (Fsp3) is 0.721. The Morgan fingerprint density at radius 2 is 1.43 bits per heavy atom. The van der Waals surface area contributed by atoms with Gasteiger partial charge in [0.05, 0.1) is 63.0 Å². The molecule has 1 saturated heterocycles. The normalized spacial score (nSPS) is 18.6. The van der Waals surface area contributed by atoms with Crippen LogP contribution in [0.15, 0.2) is 42.5 Å². The van der Waals surface area contributed by atoms with Crippen molar-refractivity contribution in [1.82, 2.24) is 10.2 Å². The van der Waals surface area contributed by atoms with Crippen molar-refractivity contribution in [1.29, 1.82) is 0 Å². The van der Waals surface area contributed by atoms with Crippen LogP contribution in [-0.4, -0.2) is 118 Å². The lowest BCUT2D eigenvalue weighted by Crippen LogP contribution is -2.31. The first-order valence-electron chi connectivity index (χ1n) is 21.1. The van der Waals surface area contributed by atoms with Crippen LogP contribution in [0.5, 0.6) is 11.5 Å². The van der Waals surface area contributed by atoms with E-state index in [2.05, 4.69) is 17.1 Å². The summed E-state index contributed by atoms with van der Waals surface area (Å²) >= 11 is 17.8. The number of rotatable bonds is 29. The summed E-state index contributed by atoms with van der Waals surface area (Å²) < 4.78 is 73.5. The van der Waals surface area contributed by atoms with Gasteiger partial charge >= 0.3 is 0 Å². The maximum atomic E-state index is 6.32. The maximum Gasteiger partial charge on any atom is 0.262 e. The van der Waals surface area contributed by atoms with Gasteiger partial charge in [-0.2, -0.15) is 0 Å². The largest absolute Gasteiger partial charge is 0.497 e. The molecule has 2 aromatic carbocycles. The summed E-state index contributed by atoms with van der Waals surface area (Å²) in [6.45, 7) is 17.3. The summed E-state index contributed by atoms with van der Waals surface area (Å²) in [6, 6.07) is 13.1. The highest BCUT2D eigenvalue weighted by Gasteiger charge is 2.30. The first-order valence-corrected chi connectivity index (χ1v) is 26.8. The van der Waals surface area contributed by atoms with E-state index in [0.29, 0.717) is 70.2 Å². The van der Waals surface area contributed by atoms with E-state index in [0.717, 1.165) is 23.3 Å². The van der Waals surface area contributed by atoms with Crippen molar-refractivity contribution in [2.24, 2.45) is 5.92 Å². The first-order chi connectivity index (χ1) is 29.7. The number of hydrogen-bond acceptors (Lipinski definition) is 15. The van der Waals surface area contributed by atoms with Crippen LogP contribution >= 0.6 is 24.9 Å². The lowest BCUT2D eigenvalue weighted by molar-refractivity contribution is -0.105. The number of benzene rings is 2. The van der Waals surface area contributed by atoms with Gasteiger partial charge in [-0.05, 0) is 122 Å². The highest BCUT2D eigenvalue weighted by molar-refractivity contribution is 8.09. The fourth-order valence-corrected chi connectivity index (χ4v) is 12.0. The van der Waals surface area contributed by atoms with Crippen LogP contribution in [0.2, 0.25) is 5.02 Å². The molecule has 0 aromatic heterocycles. The lowest BCUT2D eigenvalue weighted by Gasteiger charge is -2.32. The van der Waals surface area contributed by atoms with Gasteiger partial charge < -0.3 is 60.7 Å². The smallest absolute Gasteiger partial charge is 0.262 e. The van der Waals surface area contributed by atoms with Crippen LogP contribution in [-0.2, 0) is 74.9 Å². The molecule has 0 aliphatic carbocycles. The SMILES string of the molecule is CCOCC(C)CNP(=S)(OCCOc1ccc(C(OC)OC)c(Cl)c1)OC(C)(C)C.COCCC(C)NP(=S)(OCCOCC1COC(c2ccc(OC)cc2)O1)OC(C)(C)C. The van der Waals surface area contributed by atoms with Crippen molar-refractivity contribution in [3.8, 4) is 11.5 Å². The molecule has 3 rings (SSSR count). The standard InChI is InChI=1S/C22H38NO7PS.C21H37ClNO6PS/c1-17(11-12-24-5)23-31(32,30-22(2,3)4)28-14-13-26-15-20-16-27-21(29-20)18-7-9-19(25-6)10-8-18;1-8-26-15-16(2)14-23-30(31,29-21(3,4)5)28-12-11-27-17-9-10-18(19(22)13-17)20(24-6)25-7/h7-10,17,20-21H,11-16H2,1-6H3,(H,23,32);9-10,13,16,20H,8,11-12,14-15H2,1-7H3,(H,23,31). The first kappa shape index (κ1) is 58.2. The Balaban J connectivity index is 0.000000434. The van der Waals surface area contributed by atoms with Gasteiger partial charge in [0.1, 0.15) is 24.2 Å². The predicted octanol–water partition coefficient (Wildman–Crippen LogP) is 9.53. The average molecular weight is 990 g/mol. The minimum absolute atomic E-state index is 0.114. The number of ether oxygens (including phenoxy) is 9. The third-order valence-electron chi connectivity index (χ3n) is 8.36. The highest BCUT2D eigenvalue weighted by atomic mass is 35.5. The molecule has 0 radical (unpaired) electrons. The molecule has 20 heteroatoms. The van der Waals surface area contributed by atoms with E-state index in [4.69, 9.17) is 95.9 Å². The van der Waals surface area contributed by atoms with Gasteiger partial charge in [0.2, 0.25) is 0 Å². The van der Waals surface area contributed by atoms with Gasteiger partial charge in [0, 0.05) is 58.3 Å². The lowest BCUT2D eigenvalue weighted by atomic mass is 10.2. The summed E-state index contributed by atoms with van der Waals surface area (Å²) in [5.74, 6) is 1.70. The minimum Gasteiger partial charge on any atom is -0.497 e. The van der Waals surface area contributed by atoms with Gasteiger partial charge in [0.25, 0.3) is 13.3 Å². The topological polar surface area (TPSA) is 144 Å². The maximum absolute atomic E-state index is 6.32. The van der Waals surface area contributed by atoms with Crippen LogP contribution in [0.25, 0.3) is 0 Å². The molecule has 0 saturated carbocycles. The van der Waals surface area contributed by atoms with Crippen molar-refractivity contribution < 1.29 is 60.7 Å². The molecule has 0 amide bonds. The fourth-order valence-electron chi connectivity index (χ4n) is 5.55. The van der Waals surface area contributed by atoms with Crippen LogP contribution in [0.3, 0.4) is 0 Å². The van der Waals surface area contributed by atoms with Gasteiger partial charge in [-0.15, -0.1) is 0 Å². The van der Waals surface area contributed by atoms with E-state index in [-0.39, 0.29) is 24.7 Å². The Labute approximate surface area is 392 Å². The van der Waals surface area contributed by atoms with Gasteiger partial charge in [-0.1, -0.05) is 30.7 Å². The molecule has 2 N–H and O–H groups in total. The van der Waals surface area contributed by atoms with E-state index >= 15 is 0 Å². The monoisotopic (exact) mass is 988 g/mol. The Bertz CT molecular complexity index is 1650. The quantitative estimate of drug-likeness (QED) is 0.0453. The summed E-state index contributed by atoms with van der Waals surface area (Å²) in [6.07, 6.45) is -0.240. The van der Waals surface area contributed by atoms with Crippen molar-refractivity contribution in [3.63, 3.8) is 0 Å². The second kappa shape index (κ2) is 29.8.